The van der Waals surface area contributed by atoms with Gasteiger partial charge in [-0.25, -0.2) is 9.59 Å². The molecule has 8 rings (SSSR count). The second-order valence-corrected chi connectivity index (χ2v) is 23.2. The zero-order valence-electron chi connectivity index (χ0n) is 44.5. The maximum atomic E-state index is 15.1. The van der Waals surface area contributed by atoms with Gasteiger partial charge in [-0.1, -0.05) is 0 Å². The Kier molecular flexibility index (Phi) is 19.2. The first kappa shape index (κ1) is 64.0. The number of primary amides is 2. The van der Waals surface area contributed by atoms with Crippen molar-refractivity contribution in [1.29, 1.82) is 0 Å². The molecule has 0 spiro atoms. The molecule has 89 heavy (non-hydrogen) atoms. The molecule has 1 unspecified atom stereocenters. The summed E-state index contributed by atoms with van der Waals surface area (Å²) < 4.78 is 164. The van der Waals surface area contributed by atoms with Gasteiger partial charge in [-0.3, -0.25) is 18.2 Å². The summed E-state index contributed by atoms with van der Waals surface area (Å²) in [5, 5.41) is 47.3. The number of amides is 4. The number of nitrogens with zero attached hydrogens (tertiary/aromatic N) is 14. The smallest absolute Gasteiger partial charge is 0.316 e. The van der Waals surface area contributed by atoms with Crippen LogP contribution < -0.4 is 43.4 Å². The number of aromatic nitrogens is 6. The van der Waals surface area contributed by atoms with Crippen LogP contribution in [-0.4, -0.2) is 106 Å². The molecule has 4 amide bonds. The third-order valence-corrected chi connectivity index (χ3v) is 14.5. The standard InChI is InChI=1S/C47H40F2N22O14S4/c1-23(53-45-59-41(49)61-47(63-45)57-37-19-27(55-43(51)73)7-15-33(37)69-71-35-17-9-29(21-39(35)89(83,84)85)67-65-25-4-12-31(13-5-25)87(77,78)79)22-52-44-58-40(48)60-46(62-44)56-36-18-26(54-42(50)72)6-14-32(36)68-70-34-16-8-28(20-38(34)88(80,81)82)66-64-24-2-10-30(11-3-24)86(74,75)76/h2-21,23H,22H2,1H3,(H3,50,54,72)(H3,51,55,73)(H,74,75,76)(H,77,78,79)(H,80,81,82)(H,83,84,85)(H2,52,56,58,60,62)(H2,53,57,59,61,63). The SMILES string of the molecule is CC(CNc1nc(F)nc(Nc2cc(NC(N)=O)ccc2N=Nc2ccc(N=Nc3ccc(S(=O)(=O)O)cc3)cc2S(=O)(=O)O)n1)Nc1nc(F)nc(Nc2cc(NC(N)=O)ccc2N=Nc2ccc(N=Nc3ccc(S(=O)(=O)O)cc3)cc2S(=O)(=O)O)n1. The Bertz CT molecular complexity index is 4670. The zero-order chi connectivity index (χ0) is 64.4. The Hall–Kier alpha value is -11.0. The largest absolute Gasteiger partial charge is 0.352 e. The van der Waals surface area contributed by atoms with Crippen molar-refractivity contribution in [2.45, 2.75) is 32.5 Å². The molecule has 460 valence electrons. The molecule has 0 bridgehead atoms. The number of rotatable bonds is 23. The fourth-order valence-corrected chi connectivity index (χ4v) is 9.37. The topological polar surface area (TPSA) is 552 Å². The highest BCUT2D eigenvalue weighted by Gasteiger charge is 2.21. The van der Waals surface area contributed by atoms with Crippen LogP contribution in [0.1, 0.15) is 6.92 Å². The highest BCUT2D eigenvalue weighted by molar-refractivity contribution is 7.86. The van der Waals surface area contributed by atoms with E-state index in [2.05, 4.69) is 103 Å². The van der Waals surface area contributed by atoms with Gasteiger partial charge in [-0.05, 0) is 128 Å². The minimum Gasteiger partial charge on any atom is -0.352 e. The summed E-state index contributed by atoms with van der Waals surface area (Å²) in [5.74, 6) is -1.69. The fourth-order valence-electron chi connectivity index (χ4n) is 7.12. The van der Waals surface area contributed by atoms with Gasteiger partial charge in [0.1, 0.15) is 32.5 Å². The summed E-state index contributed by atoms with van der Waals surface area (Å²) in [5.41, 5.74) is 9.46. The number of nitrogens with two attached hydrogens (primary N) is 2. The minimum atomic E-state index is -5.02. The number of urea groups is 2. The quantitative estimate of drug-likeness (QED) is 0.0209. The number of carbonyl (C=O) groups excluding carboxylic acids is 2. The molecule has 36 nitrogen and oxygen atoms in total. The van der Waals surface area contributed by atoms with E-state index in [1.54, 1.807) is 6.92 Å². The first-order valence-corrected chi connectivity index (χ1v) is 30.0. The molecule has 42 heteroatoms. The molecule has 0 saturated carbocycles. The van der Waals surface area contributed by atoms with Crippen molar-refractivity contribution in [3.63, 3.8) is 0 Å². The molecule has 0 saturated heterocycles. The van der Waals surface area contributed by atoms with Crippen LogP contribution in [0.15, 0.2) is 182 Å². The highest BCUT2D eigenvalue weighted by atomic mass is 32.2. The normalized spacial score (nSPS) is 12.6. The van der Waals surface area contributed by atoms with Crippen molar-refractivity contribution in [2.75, 3.05) is 38.4 Å². The van der Waals surface area contributed by atoms with E-state index in [4.69, 9.17) is 11.5 Å². The Morgan fingerprint density at radius 2 is 0.798 bits per heavy atom. The molecule has 14 N–H and O–H groups in total. The maximum absolute atomic E-state index is 15.1. The molecule has 0 aliphatic heterocycles. The van der Waals surface area contributed by atoms with E-state index in [1.165, 1.54) is 72.8 Å². The van der Waals surface area contributed by atoms with Gasteiger partial charge in [0.05, 0.1) is 43.9 Å². The van der Waals surface area contributed by atoms with E-state index in [-0.39, 0.29) is 75.3 Å². The number of benzene rings is 6. The monoisotopic (exact) mass is 1300 g/mol. The lowest BCUT2D eigenvalue weighted by Crippen LogP contribution is -2.27. The van der Waals surface area contributed by atoms with Crippen molar-refractivity contribution in [1.82, 2.24) is 29.9 Å². The van der Waals surface area contributed by atoms with Crippen LogP contribution in [0.4, 0.5) is 110 Å². The molecule has 0 aliphatic carbocycles. The minimum absolute atomic E-state index is 0.0631. The van der Waals surface area contributed by atoms with Gasteiger partial charge >= 0.3 is 24.2 Å². The molecule has 0 radical (unpaired) electrons. The van der Waals surface area contributed by atoms with Crippen LogP contribution in [0.3, 0.4) is 0 Å². The fraction of sp³-hybridized carbons (Fsp3) is 0.0638. The first-order chi connectivity index (χ1) is 41.9. The predicted molar refractivity (Wildman–Crippen MR) is 309 cm³/mol. The lowest BCUT2D eigenvalue weighted by molar-refractivity contribution is 0.258. The Labute approximate surface area is 499 Å². The number of anilines is 8. The van der Waals surface area contributed by atoms with E-state index < -0.39 is 114 Å². The number of nitrogens with one attached hydrogen (secondary N) is 6. The molecule has 2 aromatic heterocycles. The number of azo groups is 4. The summed E-state index contributed by atoms with van der Waals surface area (Å²) in [6.45, 7) is 1.39. The lowest BCUT2D eigenvalue weighted by atomic mass is 10.2. The van der Waals surface area contributed by atoms with Crippen LogP contribution >= 0.6 is 0 Å². The van der Waals surface area contributed by atoms with Gasteiger partial charge in [0.15, 0.2) is 0 Å². The van der Waals surface area contributed by atoms with Gasteiger partial charge in [-0.2, -0.15) is 92.8 Å². The number of carbonyl (C=O) groups is 2. The van der Waals surface area contributed by atoms with Crippen LogP contribution in [0.2, 0.25) is 0 Å². The average molecular weight is 1300 g/mol. The second kappa shape index (κ2) is 26.7. The molecule has 2 heterocycles. The molecule has 1 atom stereocenters. The molecule has 8 aromatic rings. The Morgan fingerprint density at radius 3 is 1.19 bits per heavy atom. The van der Waals surface area contributed by atoms with Gasteiger partial charge in [0.25, 0.3) is 40.5 Å². The van der Waals surface area contributed by atoms with Crippen molar-refractivity contribution >= 4 is 145 Å². The van der Waals surface area contributed by atoms with Crippen LogP contribution in [0.25, 0.3) is 0 Å². The highest BCUT2D eigenvalue weighted by Crippen LogP contribution is 2.38. The molecule has 0 fully saturated rings. The third kappa shape index (κ3) is 18.3. The van der Waals surface area contributed by atoms with E-state index in [0.29, 0.717) is 0 Å². The molecule has 0 aliphatic rings. The molecular weight excluding hydrogens is 1260 g/mol. The van der Waals surface area contributed by atoms with E-state index in [1.807, 2.05) is 0 Å². The lowest BCUT2D eigenvalue weighted by Gasteiger charge is -2.16. The van der Waals surface area contributed by atoms with E-state index in [0.717, 1.165) is 48.5 Å². The number of halogens is 2. The summed E-state index contributed by atoms with van der Waals surface area (Å²) in [7, 11) is -19.0. The summed E-state index contributed by atoms with van der Waals surface area (Å²) in [6.07, 6.45) is -2.64. The van der Waals surface area contributed by atoms with E-state index in [9.17, 15) is 61.5 Å². The van der Waals surface area contributed by atoms with Crippen molar-refractivity contribution in [2.24, 2.45) is 52.4 Å². The second-order valence-electron chi connectivity index (χ2n) is 17.6. The first-order valence-electron chi connectivity index (χ1n) is 24.2. The van der Waals surface area contributed by atoms with Crippen LogP contribution in [0, 0.1) is 12.2 Å². The predicted octanol–water partition coefficient (Wildman–Crippen LogP) is 9.36. The number of hydrogen-bond acceptors (Lipinski definition) is 28. The molecular formula is C47H40F2N22O14S4. The number of hydrogen-bond donors (Lipinski definition) is 12. The van der Waals surface area contributed by atoms with E-state index >= 15 is 8.78 Å². The van der Waals surface area contributed by atoms with Crippen molar-refractivity contribution in [3.05, 3.63) is 133 Å². The van der Waals surface area contributed by atoms with Crippen LogP contribution in [0.5, 0.6) is 0 Å². The summed E-state index contributed by atoms with van der Waals surface area (Å²) in [6, 6.07) is 20.5. The van der Waals surface area contributed by atoms with Gasteiger partial charge < -0.3 is 43.4 Å². The van der Waals surface area contributed by atoms with Gasteiger partial charge in [0, 0.05) is 24.0 Å². The Balaban J connectivity index is 0.971. The van der Waals surface area contributed by atoms with Crippen molar-refractivity contribution in [3.8, 4) is 0 Å². The Morgan fingerprint density at radius 1 is 0.449 bits per heavy atom. The van der Waals surface area contributed by atoms with Crippen LogP contribution in [-0.2, 0) is 40.5 Å². The summed E-state index contributed by atoms with van der Waals surface area (Å²) in [4.78, 5) is 44.1. The van der Waals surface area contributed by atoms with Gasteiger partial charge in [-0.15, -0.1) is 20.5 Å². The van der Waals surface area contributed by atoms with Crippen molar-refractivity contribution < 1.29 is 70.3 Å². The third-order valence-electron chi connectivity index (χ3n) is 11.0. The zero-order valence-corrected chi connectivity index (χ0v) is 47.8. The summed E-state index contributed by atoms with van der Waals surface area (Å²) >= 11 is 0. The van der Waals surface area contributed by atoms with Gasteiger partial charge in [0.2, 0.25) is 23.8 Å². The average Bonchev–Trinajstić information content (AvgIpc) is 2.89. The maximum Gasteiger partial charge on any atom is 0.316 e. The molecule has 6 aromatic carbocycles.